The molecule has 3 N–H and O–H groups in total. The Morgan fingerprint density at radius 2 is 2.20 bits per heavy atom. The summed E-state index contributed by atoms with van der Waals surface area (Å²) in [7, 11) is 0. The average Bonchev–Trinajstić information content (AvgIpc) is 2.37. The fourth-order valence-electron chi connectivity index (χ4n) is 2.20. The van der Waals surface area contributed by atoms with Gasteiger partial charge < -0.3 is 10.8 Å². The van der Waals surface area contributed by atoms with Gasteiger partial charge in [0.25, 0.3) is 0 Å². The molecule has 0 unspecified atom stereocenters. The van der Waals surface area contributed by atoms with Crippen LogP contribution in [-0.4, -0.2) is 11.1 Å². The molecule has 0 fully saturated rings. The van der Waals surface area contributed by atoms with Crippen molar-refractivity contribution in [3.63, 3.8) is 0 Å². The summed E-state index contributed by atoms with van der Waals surface area (Å²) >= 11 is 0. The van der Waals surface area contributed by atoms with Gasteiger partial charge in [0.2, 0.25) is 0 Å². The highest BCUT2D eigenvalue weighted by atomic mass is 16.4. The predicted molar refractivity (Wildman–Crippen MR) is 57.8 cm³/mol. The van der Waals surface area contributed by atoms with E-state index in [1.54, 1.807) is 12.1 Å². The molecule has 0 saturated heterocycles. The summed E-state index contributed by atoms with van der Waals surface area (Å²) in [5, 5.41) is 8.89. The number of nitrogens with two attached hydrogens (primary N) is 1. The number of aromatic carboxylic acids is 1. The molecule has 0 radical (unpaired) electrons. The molecule has 2 rings (SSSR count). The fourth-order valence-corrected chi connectivity index (χ4v) is 2.20. The van der Waals surface area contributed by atoms with Gasteiger partial charge in [-0.15, -0.1) is 0 Å². The van der Waals surface area contributed by atoms with Crippen LogP contribution in [0.4, 0.5) is 0 Å². The second-order valence-corrected chi connectivity index (χ2v) is 4.86. The quantitative estimate of drug-likeness (QED) is 0.736. The molecule has 1 aromatic rings. The number of carboxylic acids is 1. The van der Waals surface area contributed by atoms with Gasteiger partial charge in [-0.25, -0.2) is 4.79 Å². The smallest absolute Gasteiger partial charge is 0.335 e. The third kappa shape index (κ3) is 1.53. The highest BCUT2D eigenvalue weighted by molar-refractivity contribution is 5.88. The molecule has 3 nitrogen and oxygen atoms in total. The van der Waals surface area contributed by atoms with Crippen molar-refractivity contribution in [2.45, 2.75) is 26.3 Å². The Hall–Kier alpha value is -1.35. The van der Waals surface area contributed by atoms with Crippen molar-refractivity contribution < 1.29 is 9.90 Å². The van der Waals surface area contributed by atoms with Crippen molar-refractivity contribution in [3.8, 4) is 0 Å². The van der Waals surface area contributed by atoms with Crippen LogP contribution < -0.4 is 5.73 Å². The van der Waals surface area contributed by atoms with E-state index < -0.39 is 5.97 Å². The Balaban J connectivity index is 2.49. The molecular weight excluding hydrogens is 190 g/mol. The van der Waals surface area contributed by atoms with E-state index in [4.69, 9.17) is 10.8 Å². The van der Waals surface area contributed by atoms with Crippen LogP contribution in [0.5, 0.6) is 0 Å². The van der Waals surface area contributed by atoms with E-state index in [0.717, 1.165) is 12.0 Å². The van der Waals surface area contributed by atoms with Crippen LogP contribution in [0.3, 0.4) is 0 Å². The van der Waals surface area contributed by atoms with E-state index >= 15 is 0 Å². The first-order valence-corrected chi connectivity index (χ1v) is 5.03. The standard InChI is InChI=1S/C12H15NO2/c1-12(2)6-8-4-3-7(11(14)15)5-9(8)10(12)13/h3-5,10H,6,13H2,1-2H3,(H,14,15)/t10-/m1/s1. The second-order valence-electron chi connectivity index (χ2n) is 4.86. The Labute approximate surface area is 88.9 Å². The highest BCUT2D eigenvalue weighted by Gasteiger charge is 2.36. The minimum absolute atomic E-state index is 0.0272. The van der Waals surface area contributed by atoms with E-state index in [0.29, 0.717) is 5.56 Å². The highest BCUT2D eigenvalue weighted by Crippen LogP contribution is 2.43. The first-order valence-electron chi connectivity index (χ1n) is 5.03. The van der Waals surface area contributed by atoms with E-state index in [1.165, 1.54) is 5.56 Å². The van der Waals surface area contributed by atoms with Crippen molar-refractivity contribution in [2.75, 3.05) is 0 Å². The van der Waals surface area contributed by atoms with Gasteiger partial charge in [0, 0.05) is 6.04 Å². The van der Waals surface area contributed by atoms with Crippen LogP contribution in [0.15, 0.2) is 18.2 Å². The van der Waals surface area contributed by atoms with E-state index in [-0.39, 0.29) is 11.5 Å². The van der Waals surface area contributed by atoms with Crippen LogP contribution >= 0.6 is 0 Å². The van der Waals surface area contributed by atoms with Crippen molar-refractivity contribution in [2.24, 2.45) is 11.1 Å². The molecule has 1 atom stereocenters. The average molecular weight is 205 g/mol. The molecular formula is C12H15NO2. The molecule has 0 heterocycles. The first-order chi connectivity index (χ1) is 6.92. The maximum Gasteiger partial charge on any atom is 0.335 e. The molecule has 1 aliphatic carbocycles. The summed E-state index contributed by atoms with van der Waals surface area (Å²) in [5.74, 6) is -0.894. The number of carboxylic acid groups (broad SMARTS) is 1. The van der Waals surface area contributed by atoms with Crippen molar-refractivity contribution in [3.05, 3.63) is 34.9 Å². The lowest BCUT2D eigenvalue weighted by molar-refractivity contribution is 0.0696. The Bertz CT molecular complexity index is 424. The maximum atomic E-state index is 10.8. The predicted octanol–water partition coefficient (Wildman–Crippen LogP) is 1.97. The SMILES string of the molecule is CC1(C)Cc2ccc(C(=O)O)cc2[C@H]1N. The van der Waals surface area contributed by atoms with Gasteiger partial charge in [-0.2, -0.15) is 0 Å². The molecule has 0 aromatic heterocycles. The lowest BCUT2D eigenvalue weighted by Crippen LogP contribution is -2.24. The second kappa shape index (κ2) is 3.07. The molecule has 0 bridgehead atoms. The van der Waals surface area contributed by atoms with Gasteiger partial charge in [0.1, 0.15) is 0 Å². The van der Waals surface area contributed by atoms with Crippen LogP contribution in [0, 0.1) is 5.41 Å². The lowest BCUT2D eigenvalue weighted by atomic mass is 9.86. The molecule has 80 valence electrons. The minimum atomic E-state index is -0.894. The van der Waals surface area contributed by atoms with Crippen molar-refractivity contribution in [1.82, 2.24) is 0 Å². The summed E-state index contributed by atoms with van der Waals surface area (Å²) in [4.78, 5) is 10.8. The first kappa shape index (κ1) is 10.2. The zero-order valence-corrected chi connectivity index (χ0v) is 8.95. The summed E-state index contributed by atoms with van der Waals surface area (Å²) in [5.41, 5.74) is 8.61. The lowest BCUT2D eigenvalue weighted by Gasteiger charge is -2.23. The fraction of sp³-hybridized carbons (Fsp3) is 0.417. The van der Waals surface area contributed by atoms with Crippen LogP contribution in [-0.2, 0) is 6.42 Å². The molecule has 1 aromatic carbocycles. The van der Waals surface area contributed by atoms with Crippen molar-refractivity contribution in [1.29, 1.82) is 0 Å². The topological polar surface area (TPSA) is 63.3 Å². The molecule has 3 heteroatoms. The van der Waals surface area contributed by atoms with Crippen LogP contribution in [0.2, 0.25) is 0 Å². The van der Waals surface area contributed by atoms with E-state index in [9.17, 15) is 4.79 Å². The van der Waals surface area contributed by atoms with Gasteiger partial charge >= 0.3 is 5.97 Å². The zero-order chi connectivity index (χ0) is 11.2. The van der Waals surface area contributed by atoms with Gasteiger partial charge in [-0.3, -0.25) is 0 Å². The number of hydrogen-bond donors (Lipinski definition) is 2. The number of fused-ring (bicyclic) bond motifs is 1. The summed E-state index contributed by atoms with van der Waals surface area (Å²) < 4.78 is 0. The molecule has 0 spiro atoms. The van der Waals surface area contributed by atoms with Gasteiger partial charge in [0.15, 0.2) is 0 Å². The number of benzene rings is 1. The molecule has 1 aliphatic rings. The van der Waals surface area contributed by atoms with Crippen LogP contribution in [0.25, 0.3) is 0 Å². The minimum Gasteiger partial charge on any atom is -0.478 e. The number of hydrogen-bond acceptors (Lipinski definition) is 2. The zero-order valence-electron chi connectivity index (χ0n) is 8.95. The monoisotopic (exact) mass is 205 g/mol. The molecule has 15 heavy (non-hydrogen) atoms. The normalized spacial score (nSPS) is 22.5. The maximum absolute atomic E-state index is 10.8. The van der Waals surface area contributed by atoms with Gasteiger partial charge in [-0.1, -0.05) is 19.9 Å². The largest absolute Gasteiger partial charge is 0.478 e. The summed E-state index contributed by atoms with van der Waals surface area (Å²) in [6, 6.07) is 5.17. The number of rotatable bonds is 1. The van der Waals surface area contributed by atoms with Gasteiger partial charge in [0.05, 0.1) is 5.56 Å². The Morgan fingerprint density at radius 1 is 1.53 bits per heavy atom. The van der Waals surface area contributed by atoms with E-state index in [1.807, 2.05) is 6.07 Å². The summed E-state index contributed by atoms with van der Waals surface area (Å²) in [6.07, 6.45) is 0.920. The third-order valence-electron chi connectivity index (χ3n) is 3.22. The van der Waals surface area contributed by atoms with Crippen molar-refractivity contribution >= 4 is 5.97 Å². The molecule has 0 amide bonds. The third-order valence-corrected chi connectivity index (χ3v) is 3.22. The Morgan fingerprint density at radius 3 is 2.80 bits per heavy atom. The molecule has 0 saturated carbocycles. The number of carbonyl (C=O) groups is 1. The summed E-state index contributed by atoms with van der Waals surface area (Å²) in [6.45, 7) is 4.22. The van der Waals surface area contributed by atoms with Crippen LogP contribution in [0.1, 0.15) is 41.4 Å². The van der Waals surface area contributed by atoms with Gasteiger partial charge in [-0.05, 0) is 35.1 Å². The van der Waals surface area contributed by atoms with E-state index in [2.05, 4.69) is 13.8 Å². The molecule has 0 aliphatic heterocycles. The Kier molecular flexibility index (Phi) is 2.08.